The molecule has 7 rings (SSSR count). The molecule has 266 valence electrons. The fourth-order valence-corrected chi connectivity index (χ4v) is 6.64. The molecule has 1 aromatic heterocycles. The third-order valence-corrected chi connectivity index (χ3v) is 9.00. The summed E-state index contributed by atoms with van der Waals surface area (Å²) in [5, 5.41) is 3.34. The first kappa shape index (κ1) is 34.5. The summed E-state index contributed by atoms with van der Waals surface area (Å²) in [5.74, 6) is -0.218. The maximum absolute atomic E-state index is 14.5. The molecule has 2 aliphatic rings. The lowest BCUT2D eigenvalue weighted by Crippen LogP contribution is -2.41. The second kappa shape index (κ2) is 14.3. The molecule has 4 aromatic carbocycles. The summed E-state index contributed by atoms with van der Waals surface area (Å²) >= 11 is 0. The number of nitrogens with zero attached hydrogens (tertiary/aromatic N) is 3. The molecule has 0 aliphatic carbocycles. The molecule has 0 saturated carbocycles. The standard InChI is InChI=1S/C41H39FN4O6/c1-41(2,3)52-39(48)44-30-20-22-45(24-30)40(49)51-36-31-15-10-21-43-34(31)37(50-35(27-11-6-4-7-12-27)28-13-8-5-9-14-28)33-32(36)25-46(38(33)47)23-26-16-18-29(42)19-17-26/h4-19,21,30,35H,20,22-25H2,1-3H3,(H,44,48). The van der Waals surface area contributed by atoms with Crippen molar-refractivity contribution in [1.29, 1.82) is 0 Å². The number of benzene rings is 4. The summed E-state index contributed by atoms with van der Waals surface area (Å²) in [4.78, 5) is 48.5. The first-order valence-electron chi connectivity index (χ1n) is 17.2. The number of likely N-dealkylation sites (tertiary alicyclic amines) is 1. The number of nitrogens with one attached hydrogen (secondary N) is 1. The number of aromatic nitrogens is 1. The molecule has 1 N–H and O–H groups in total. The van der Waals surface area contributed by atoms with Gasteiger partial charge in [0, 0.05) is 36.8 Å². The smallest absolute Gasteiger partial charge is 0.415 e. The van der Waals surface area contributed by atoms with Crippen LogP contribution in [-0.4, -0.2) is 57.6 Å². The lowest BCUT2D eigenvalue weighted by Gasteiger charge is -2.24. The first-order chi connectivity index (χ1) is 25.0. The van der Waals surface area contributed by atoms with Crippen LogP contribution in [0.5, 0.6) is 11.5 Å². The second-order valence-electron chi connectivity index (χ2n) is 14.0. The lowest BCUT2D eigenvalue weighted by atomic mass is 9.99. The summed E-state index contributed by atoms with van der Waals surface area (Å²) in [7, 11) is 0. The van der Waals surface area contributed by atoms with E-state index in [1.807, 2.05) is 60.7 Å². The largest absolute Gasteiger partial charge is 0.478 e. The number of pyridine rings is 1. The number of amides is 3. The van der Waals surface area contributed by atoms with Crippen molar-refractivity contribution in [1.82, 2.24) is 20.1 Å². The number of carbonyl (C=O) groups excluding carboxylic acids is 3. The molecule has 52 heavy (non-hydrogen) atoms. The van der Waals surface area contributed by atoms with Gasteiger partial charge in [0.25, 0.3) is 5.91 Å². The minimum atomic E-state index is -0.656. The van der Waals surface area contributed by atoms with E-state index in [1.165, 1.54) is 17.0 Å². The van der Waals surface area contributed by atoms with E-state index >= 15 is 0 Å². The van der Waals surface area contributed by atoms with Gasteiger partial charge in [0.15, 0.2) is 5.75 Å². The average molecular weight is 703 g/mol. The molecule has 10 nitrogen and oxygen atoms in total. The van der Waals surface area contributed by atoms with Gasteiger partial charge in [0.05, 0.1) is 18.2 Å². The van der Waals surface area contributed by atoms with Crippen LogP contribution in [0.1, 0.15) is 65.9 Å². The minimum Gasteiger partial charge on any atom is -0.478 e. The molecule has 2 aliphatic heterocycles. The summed E-state index contributed by atoms with van der Waals surface area (Å²) in [5.41, 5.74) is 2.93. The Morgan fingerprint density at radius 2 is 1.60 bits per heavy atom. The third kappa shape index (κ3) is 7.39. The van der Waals surface area contributed by atoms with Crippen molar-refractivity contribution in [2.24, 2.45) is 0 Å². The molecule has 0 radical (unpaired) electrons. The van der Waals surface area contributed by atoms with E-state index in [1.54, 1.807) is 56.1 Å². The molecular weight excluding hydrogens is 663 g/mol. The highest BCUT2D eigenvalue weighted by Gasteiger charge is 2.39. The van der Waals surface area contributed by atoms with Gasteiger partial charge in [-0.05, 0) is 68.1 Å². The van der Waals surface area contributed by atoms with Crippen LogP contribution < -0.4 is 14.8 Å². The summed E-state index contributed by atoms with van der Waals surface area (Å²) < 4.78 is 32.3. The van der Waals surface area contributed by atoms with Crippen LogP contribution in [0.25, 0.3) is 10.9 Å². The molecular formula is C41H39FN4O6. The van der Waals surface area contributed by atoms with Crippen molar-refractivity contribution in [3.63, 3.8) is 0 Å². The molecule has 0 bridgehead atoms. The van der Waals surface area contributed by atoms with Gasteiger partial charge in [0.1, 0.15) is 28.8 Å². The molecule has 3 heterocycles. The zero-order valence-corrected chi connectivity index (χ0v) is 29.2. The van der Waals surface area contributed by atoms with Gasteiger partial charge in [-0.15, -0.1) is 0 Å². The summed E-state index contributed by atoms with van der Waals surface area (Å²) in [6.45, 7) is 6.23. The van der Waals surface area contributed by atoms with Gasteiger partial charge >= 0.3 is 12.2 Å². The van der Waals surface area contributed by atoms with Crippen LogP contribution in [0, 0.1) is 5.82 Å². The van der Waals surface area contributed by atoms with Crippen molar-refractivity contribution in [3.05, 3.63) is 137 Å². The van der Waals surface area contributed by atoms with E-state index < -0.39 is 23.9 Å². The number of alkyl carbamates (subject to hydrolysis) is 1. The molecule has 1 unspecified atom stereocenters. The van der Waals surface area contributed by atoms with E-state index in [4.69, 9.17) is 14.2 Å². The van der Waals surface area contributed by atoms with E-state index in [-0.39, 0.29) is 54.5 Å². The van der Waals surface area contributed by atoms with Crippen LogP contribution >= 0.6 is 0 Å². The Morgan fingerprint density at radius 3 is 2.25 bits per heavy atom. The quantitative estimate of drug-likeness (QED) is 0.176. The van der Waals surface area contributed by atoms with Crippen LogP contribution in [0.4, 0.5) is 14.0 Å². The Labute approximate surface area is 301 Å². The Kier molecular flexibility index (Phi) is 9.51. The lowest BCUT2D eigenvalue weighted by molar-refractivity contribution is 0.0505. The van der Waals surface area contributed by atoms with E-state index in [2.05, 4.69) is 10.3 Å². The predicted molar refractivity (Wildman–Crippen MR) is 192 cm³/mol. The number of halogens is 1. The third-order valence-electron chi connectivity index (χ3n) is 9.00. The minimum absolute atomic E-state index is 0.111. The van der Waals surface area contributed by atoms with Gasteiger partial charge in [-0.25, -0.2) is 14.0 Å². The van der Waals surface area contributed by atoms with Gasteiger partial charge in [-0.2, -0.15) is 0 Å². The van der Waals surface area contributed by atoms with Gasteiger partial charge in [-0.1, -0.05) is 72.8 Å². The Morgan fingerprint density at radius 1 is 0.923 bits per heavy atom. The second-order valence-corrected chi connectivity index (χ2v) is 14.0. The van der Waals surface area contributed by atoms with Gasteiger partial charge < -0.3 is 29.3 Å². The highest BCUT2D eigenvalue weighted by Crippen LogP contribution is 2.46. The van der Waals surface area contributed by atoms with Crippen LogP contribution in [0.2, 0.25) is 0 Å². The van der Waals surface area contributed by atoms with Crippen LogP contribution in [0.3, 0.4) is 0 Å². The number of fused-ring (bicyclic) bond motifs is 2. The molecule has 11 heteroatoms. The number of hydrogen-bond acceptors (Lipinski definition) is 7. The number of carbonyl (C=O) groups is 3. The fourth-order valence-electron chi connectivity index (χ4n) is 6.64. The van der Waals surface area contributed by atoms with E-state index in [9.17, 15) is 18.8 Å². The maximum Gasteiger partial charge on any atom is 0.415 e. The Balaban J connectivity index is 1.27. The van der Waals surface area contributed by atoms with Crippen molar-refractivity contribution < 1.29 is 33.0 Å². The van der Waals surface area contributed by atoms with E-state index in [0.29, 0.717) is 29.4 Å². The summed E-state index contributed by atoms with van der Waals surface area (Å²) in [6, 6.07) is 28.6. The SMILES string of the molecule is CC(C)(C)OC(=O)NC1CCN(C(=O)Oc2c3c(c(OC(c4ccccc4)c4ccccc4)c4ncccc24)C(=O)N(Cc2ccc(F)cc2)C3)C1. The fraction of sp³-hybridized carbons (Fsp3) is 0.268. The van der Waals surface area contributed by atoms with Gasteiger partial charge in [0.2, 0.25) is 0 Å². The van der Waals surface area contributed by atoms with Crippen LogP contribution in [-0.2, 0) is 17.8 Å². The molecule has 1 fully saturated rings. The maximum atomic E-state index is 14.5. The molecule has 3 amide bonds. The molecule has 1 saturated heterocycles. The van der Waals surface area contributed by atoms with Crippen molar-refractivity contribution in [2.75, 3.05) is 13.1 Å². The van der Waals surface area contributed by atoms with Crippen LogP contribution in [0.15, 0.2) is 103 Å². The Hall–Kier alpha value is -5.97. The summed E-state index contributed by atoms with van der Waals surface area (Å²) in [6.07, 6.45) is 0.359. The number of hydrogen-bond donors (Lipinski definition) is 1. The predicted octanol–water partition coefficient (Wildman–Crippen LogP) is 7.80. The molecule has 1 atom stereocenters. The molecule has 5 aromatic rings. The molecule has 0 spiro atoms. The van der Waals surface area contributed by atoms with Gasteiger partial charge in [-0.3, -0.25) is 9.78 Å². The zero-order valence-electron chi connectivity index (χ0n) is 29.2. The van der Waals surface area contributed by atoms with Crippen molar-refractivity contribution in [3.8, 4) is 11.5 Å². The highest BCUT2D eigenvalue weighted by atomic mass is 19.1. The topological polar surface area (TPSA) is 110 Å². The average Bonchev–Trinajstić information content (AvgIpc) is 3.73. The Bertz CT molecular complexity index is 2060. The van der Waals surface area contributed by atoms with Crippen molar-refractivity contribution in [2.45, 2.75) is 58.0 Å². The number of ether oxygens (including phenoxy) is 3. The highest BCUT2D eigenvalue weighted by molar-refractivity contribution is 6.09. The zero-order chi connectivity index (χ0) is 36.4. The van der Waals surface area contributed by atoms with E-state index in [0.717, 1.165) is 16.7 Å². The first-order valence-corrected chi connectivity index (χ1v) is 17.2. The number of rotatable bonds is 8. The van der Waals surface area contributed by atoms with Crippen molar-refractivity contribution >= 4 is 29.0 Å². The monoisotopic (exact) mass is 702 g/mol. The normalized spacial score (nSPS) is 15.6.